The molecule has 1 heterocycles. The average molecular weight is 519 g/mol. The van der Waals surface area contributed by atoms with Crippen molar-refractivity contribution in [2.45, 2.75) is 43.1 Å². The van der Waals surface area contributed by atoms with E-state index < -0.39 is 21.8 Å². The number of carbonyl (C=O) groups excluding carboxylic acids is 1. The van der Waals surface area contributed by atoms with Crippen LogP contribution in [0.4, 0.5) is 0 Å². The Morgan fingerprint density at radius 3 is 2.44 bits per heavy atom. The molecule has 0 radical (unpaired) electrons. The van der Waals surface area contributed by atoms with E-state index in [0.717, 1.165) is 24.2 Å². The number of benzene rings is 3. The van der Waals surface area contributed by atoms with Crippen LogP contribution in [-0.2, 0) is 39.9 Å². The minimum absolute atomic E-state index is 0.0963. The van der Waals surface area contributed by atoms with Gasteiger partial charge in [-0.15, -0.1) is 0 Å². The van der Waals surface area contributed by atoms with Crippen LogP contribution in [0.1, 0.15) is 40.8 Å². The molecule has 0 aliphatic carbocycles. The summed E-state index contributed by atoms with van der Waals surface area (Å²) in [5.41, 5.74) is 4.17. The molecule has 0 fully saturated rings. The first-order valence-corrected chi connectivity index (χ1v) is 13.1. The fourth-order valence-corrected chi connectivity index (χ4v) is 5.80. The molecule has 178 valence electrons. The Morgan fingerprint density at radius 2 is 1.71 bits per heavy atom. The summed E-state index contributed by atoms with van der Waals surface area (Å²) >= 11 is 12.2. The number of rotatable bonds is 7. The highest BCUT2D eigenvalue weighted by Crippen LogP contribution is 2.32. The summed E-state index contributed by atoms with van der Waals surface area (Å²) in [5, 5.41) is 14.9. The molecule has 3 aromatic rings. The van der Waals surface area contributed by atoms with E-state index in [2.05, 4.69) is 5.32 Å². The van der Waals surface area contributed by atoms with Crippen molar-refractivity contribution in [3.05, 3.63) is 98.5 Å². The van der Waals surface area contributed by atoms with Gasteiger partial charge in [-0.05, 0) is 52.9 Å². The lowest BCUT2D eigenvalue weighted by molar-refractivity contribution is -0.174. The number of hydrogen-bond donors (Lipinski definition) is 2. The third kappa shape index (κ3) is 5.29. The molecule has 9 heteroatoms. The third-order valence-corrected chi connectivity index (χ3v) is 8.49. The molecule has 2 N–H and O–H groups in total. The zero-order chi connectivity index (χ0) is 24.5. The summed E-state index contributed by atoms with van der Waals surface area (Å²) < 4.78 is 25.8. The lowest BCUT2D eigenvalue weighted by atomic mass is 10.1. The zero-order valence-electron chi connectivity index (χ0n) is 18.5. The Hall–Kier alpha value is -2.42. The molecular formula is C25H24Cl2N2O4S. The molecule has 4 rings (SSSR count). The van der Waals surface area contributed by atoms with Crippen LogP contribution >= 0.6 is 23.2 Å². The normalized spacial score (nSPS) is 14.0. The molecule has 1 atom stereocenters. The Balaban J connectivity index is 1.42. The Labute approximate surface area is 209 Å². The van der Waals surface area contributed by atoms with Crippen molar-refractivity contribution in [3.63, 3.8) is 0 Å². The highest BCUT2D eigenvalue weighted by molar-refractivity contribution is 7.90. The number of hydroxylamine groups is 2. The minimum atomic E-state index is -3.54. The molecule has 0 saturated heterocycles. The van der Waals surface area contributed by atoms with Crippen molar-refractivity contribution in [3.8, 4) is 0 Å². The van der Waals surface area contributed by atoms with Crippen LogP contribution in [0.25, 0.3) is 0 Å². The zero-order valence-corrected chi connectivity index (χ0v) is 20.8. The maximum Gasteiger partial charge on any atom is 0.250 e. The molecule has 0 saturated carbocycles. The Kier molecular flexibility index (Phi) is 7.31. The van der Waals surface area contributed by atoms with E-state index >= 15 is 0 Å². The summed E-state index contributed by atoms with van der Waals surface area (Å²) in [6.07, 6.45) is -0.100. The van der Waals surface area contributed by atoms with Gasteiger partial charge in [-0.25, -0.2) is 13.5 Å². The molecule has 1 amide bonds. The van der Waals surface area contributed by atoms with E-state index in [9.17, 15) is 18.4 Å². The van der Waals surface area contributed by atoms with Gasteiger partial charge in [0.1, 0.15) is 0 Å². The largest absolute Gasteiger partial charge is 0.309 e. The standard InChI is InChI=1S/C25H24Cl2N2O4S/c1-16(22-3-2-4-23(26)25(22)27)29(31)24(30)12-17-6-9-21(10-7-17)34(32,33)15-18-5-8-19-13-28-14-20(19)11-18/h2-11,16,28,31H,12-15H2,1H3. The van der Waals surface area contributed by atoms with Gasteiger partial charge in [0, 0.05) is 13.1 Å². The average Bonchev–Trinajstić information content (AvgIpc) is 3.28. The molecule has 1 unspecified atom stereocenters. The Bertz CT molecular complexity index is 1330. The van der Waals surface area contributed by atoms with Gasteiger partial charge in [-0.2, -0.15) is 0 Å². The van der Waals surface area contributed by atoms with Crippen LogP contribution in [0.3, 0.4) is 0 Å². The molecule has 0 spiro atoms. The summed E-state index contributed by atoms with van der Waals surface area (Å²) in [6, 6.07) is 16.2. The molecule has 1 aliphatic rings. The van der Waals surface area contributed by atoms with Crippen LogP contribution in [0.2, 0.25) is 10.0 Å². The first kappa shape index (κ1) is 24.7. The number of halogens is 2. The van der Waals surface area contributed by atoms with Crippen molar-refractivity contribution >= 4 is 38.9 Å². The van der Waals surface area contributed by atoms with Crippen molar-refractivity contribution in [2.75, 3.05) is 0 Å². The molecule has 3 aromatic carbocycles. The van der Waals surface area contributed by atoms with E-state index in [1.165, 1.54) is 17.7 Å². The maximum absolute atomic E-state index is 12.9. The SMILES string of the molecule is CC(c1cccc(Cl)c1Cl)N(O)C(=O)Cc1ccc(S(=O)(=O)Cc2ccc3c(c2)CNC3)cc1. The predicted octanol–water partition coefficient (Wildman–Crippen LogP) is 5.09. The van der Waals surface area contributed by atoms with Crippen molar-refractivity contribution in [1.29, 1.82) is 0 Å². The van der Waals surface area contributed by atoms with E-state index in [4.69, 9.17) is 23.2 Å². The van der Waals surface area contributed by atoms with Crippen molar-refractivity contribution < 1.29 is 18.4 Å². The second kappa shape index (κ2) is 10.1. The predicted molar refractivity (Wildman–Crippen MR) is 132 cm³/mol. The first-order chi connectivity index (χ1) is 16.2. The second-order valence-corrected chi connectivity index (χ2v) is 11.1. The molecule has 0 bridgehead atoms. The maximum atomic E-state index is 12.9. The third-order valence-electron chi connectivity index (χ3n) is 5.95. The summed E-state index contributed by atoms with van der Waals surface area (Å²) in [6.45, 7) is 3.19. The number of carbonyl (C=O) groups is 1. The highest BCUT2D eigenvalue weighted by atomic mass is 35.5. The van der Waals surface area contributed by atoms with Crippen LogP contribution in [0, 0.1) is 0 Å². The number of nitrogens with one attached hydrogen (secondary N) is 1. The smallest absolute Gasteiger partial charge is 0.250 e. The van der Waals surface area contributed by atoms with Gasteiger partial charge in [0.05, 0.1) is 33.2 Å². The van der Waals surface area contributed by atoms with Gasteiger partial charge in [0.2, 0.25) is 0 Å². The molecule has 1 aliphatic heterocycles. The lowest BCUT2D eigenvalue weighted by Gasteiger charge is -2.24. The quantitative estimate of drug-likeness (QED) is 0.336. The van der Waals surface area contributed by atoms with E-state index in [0.29, 0.717) is 21.2 Å². The van der Waals surface area contributed by atoms with Gasteiger partial charge in [0.15, 0.2) is 9.84 Å². The van der Waals surface area contributed by atoms with Gasteiger partial charge < -0.3 is 5.32 Å². The molecule has 34 heavy (non-hydrogen) atoms. The highest BCUT2D eigenvalue weighted by Gasteiger charge is 2.23. The topological polar surface area (TPSA) is 86.7 Å². The fourth-order valence-electron chi connectivity index (χ4n) is 4.00. The minimum Gasteiger partial charge on any atom is -0.309 e. The Morgan fingerprint density at radius 1 is 1.03 bits per heavy atom. The van der Waals surface area contributed by atoms with Gasteiger partial charge in [0.25, 0.3) is 5.91 Å². The fraction of sp³-hybridized carbons (Fsp3) is 0.240. The van der Waals surface area contributed by atoms with Gasteiger partial charge in [-0.3, -0.25) is 10.0 Å². The molecule has 6 nitrogen and oxygen atoms in total. The number of fused-ring (bicyclic) bond motifs is 1. The first-order valence-electron chi connectivity index (χ1n) is 10.7. The van der Waals surface area contributed by atoms with Crippen LogP contribution in [-0.4, -0.2) is 24.6 Å². The van der Waals surface area contributed by atoms with Crippen LogP contribution in [0.15, 0.2) is 65.6 Å². The monoisotopic (exact) mass is 518 g/mol. The van der Waals surface area contributed by atoms with Crippen molar-refractivity contribution in [2.24, 2.45) is 0 Å². The molecule has 0 aromatic heterocycles. The summed E-state index contributed by atoms with van der Waals surface area (Å²) in [4.78, 5) is 12.8. The summed E-state index contributed by atoms with van der Waals surface area (Å²) in [5.74, 6) is -0.646. The van der Waals surface area contributed by atoms with Gasteiger partial charge in [-0.1, -0.05) is 65.7 Å². The summed E-state index contributed by atoms with van der Waals surface area (Å²) in [7, 11) is -3.54. The molecular weight excluding hydrogens is 495 g/mol. The number of amides is 1. The number of hydrogen-bond acceptors (Lipinski definition) is 5. The van der Waals surface area contributed by atoms with Crippen LogP contribution < -0.4 is 5.32 Å². The van der Waals surface area contributed by atoms with E-state index in [-0.39, 0.29) is 22.1 Å². The van der Waals surface area contributed by atoms with E-state index in [1.54, 1.807) is 37.3 Å². The number of nitrogens with zero attached hydrogens (tertiary/aromatic N) is 1. The second-order valence-electron chi connectivity index (χ2n) is 8.34. The van der Waals surface area contributed by atoms with Crippen LogP contribution in [0.5, 0.6) is 0 Å². The van der Waals surface area contributed by atoms with Gasteiger partial charge >= 0.3 is 0 Å². The van der Waals surface area contributed by atoms with E-state index in [1.807, 2.05) is 18.2 Å². The van der Waals surface area contributed by atoms with Crippen molar-refractivity contribution in [1.82, 2.24) is 10.4 Å². The lowest BCUT2D eigenvalue weighted by Crippen LogP contribution is -2.31. The number of sulfone groups is 1.